The lowest BCUT2D eigenvalue weighted by Gasteiger charge is -2.12. The number of rotatable bonds is 3. The van der Waals surface area contributed by atoms with Gasteiger partial charge in [0.25, 0.3) is 0 Å². The predicted octanol–water partition coefficient (Wildman–Crippen LogP) is 3.13. The highest BCUT2D eigenvalue weighted by atomic mass is 79.9. The largest absolute Gasteiger partial charge is 0.475 e. The van der Waals surface area contributed by atoms with Gasteiger partial charge in [0.15, 0.2) is 0 Å². The number of benzene rings is 1. The highest BCUT2D eigenvalue weighted by Gasteiger charge is 2.19. The van der Waals surface area contributed by atoms with Gasteiger partial charge in [0.1, 0.15) is 11.9 Å². The number of halogens is 1. The Balaban J connectivity index is 2.38. The van der Waals surface area contributed by atoms with Crippen LogP contribution < -0.4 is 0 Å². The molecule has 2 N–H and O–H groups in total. The highest BCUT2D eigenvalue weighted by Crippen LogP contribution is 2.29. The van der Waals surface area contributed by atoms with Crippen LogP contribution >= 0.6 is 15.9 Å². The first kappa shape index (κ1) is 12.9. The zero-order valence-electron chi connectivity index (χ0n) is 9.55. The summed E-state index contributed by atoms with van der Waals surface area (Å²) < 4.78 is 5.97. The molecule has 94 valence electrons. The summed E-state index contributed by atoms with van der Waals surface area (Å²) in [5.41, 5.74) is 1.56. The molecule has 0 amide bonds. The molecule has 18 heavy (non-hydrogen) atoms. The van der Waals surface area contributed by atoms with Crippen LogP contribution in [0.2, 0.25) is 0 Å². The second-order valence-corrected chi connectivity index (χ2v) is 4.72. The maximum atomic E-state index is 10.7. The first-order valence-electron chi connectivity index (χ1n) is 5.27. The molecule has 1 heterocycles. The fraction of sp³-hybridized carbons (Fsp3) is 0.154. The molecule has 0 saturated carbocycles. The van der Waals surface area contributed by atoms with Crippen LogP contribution in [-0.2, 0) is 0 Å². The van der Waals surface area contributed by atoms with Gasteiger partial charge in [0.05, 0.1) is 0 Å². The second-order valence-electron chi connectivity index (χ2n) is 3.86. The third kappa shape index (κ3) is 2.32. The minimum atomic E-state index is -1.15. The van der Waals surface area contributed by atoms with E-state index in [1.807, 2.05) is 13.0 Å². The molecule has 0 aliphatic rings. The average molecular weight is 311 g/mol. The molecule has 0 saturated heterocycles. The van der Waals surface area contributed by atoms with Gasteiger partial charge >= 0.3 is 5.97 Å². The number of hydrogen-bond donors (Lipinski definition) is 2. The van der Waals surface area contributed by atoms with Gasteiger partial charge in [-0.25, -0.2) is 4.79 Å². The smallest absolute Gasteiger partial charge is 0.371 e. The van der Waals surface area contributed by atoms with Crippen LogP contribution in [0, 0.1) is 6.92 Å². The van der Waals surface area contributed by atoms with E-state index in [4.69, 9.17) is 9.52 Å². The van der Waals surface area contributed by atoms with Gasteiger partial charge in [-0.05, 0) is 36.2 Å². The van der Waals surface area contributed by atoms with Crippen LogP contribution in [0.5, 0.6) is 0 Å². The van der Waals surface area contributed by atoms with Crippen molar-refractivity contribution in [2.45, 2.75) is 13.0 Å². The Bertz CT molecular complexity index is 588. The van der Waals surface area contributed by atoms with Gasteiger partial charge in [-0.2, -0.15) is 0 Å². The molecule has 4 nitrogen and oxygen atoms in total. The molecule has 0 aliphatic carbocycles. The van der Waals surface area contributed by atoms with Crippen LogP contribution in [0.3, 0.4) is 0 Å². The van der Waals surface area contributed by atoms with Crippen LogP contribution in [-0.4, -0.2) is 16.2 Å². The third-order valence-corrected chi connectivity index (χ3v) is 3.57. The number of aromatic carboxylic acids is 1. The van der Waals surface area contributed by atoms with E-state index in [9.17, 15) is 9.90 Å². The number of hydrogen-bond acceptors (Lipinski definition) is 3. The SMILES string of the molecule is Cc1c(Br)cccc1C(O)c1ccc(C(=O)O)o1. The van der Waals surface area contributed by atoms with Crippen molar-refractivity contribution in [1.82, 2.24) is 0 Å². The molecule has 0 radical (unpaired) electrons. The summed E-state index contributed by atoms with van der Waals surface area (Å²) in [4.78, 5) is 10.7. The molecule has 1 atom stereocenters. The van der Waals surface area contributed by atoms with E-state index < -0.39 is 12.1 Å². The summed E-state index contributed by atoms with van der Waals surface area (Å²) in [6.07, 6.45) is -0.976. The minimum absolute atomic E-state index is 0.184. The van der Waals surface area contributed by atoms with E-state index in [0.29, 0.717) is 5.56 Å². The highest BCUT2D eigenvalue weighted by molar-refractivity contribution is 9.10. The van der Waals surface area contributed by atoms with Gasteiger partial charge in [0.2, 0.25) is 5.76 Å². The standard InChI is InChI=1S/C13H11BrO4/c1-7-8(3-2-4-9(7)14)12(15)10-5-6-11(18-10)13(16)17/h2-6,12,15H,1H3,(H,16,17). The lowest BCUT2D eigenvalue weighted by Crippen LogP contribution is -2.01. The summed E-state index contributed by atoms with van der Waals surface area (Å²) in [6.45, 7) is 1.86. The van der Waals surface area contributed by atoms with Crippen molar-refractivity contribution < 1.29 is 19.4 Å². The third-order valence-electron chi connectivity index (χ3n) is 2.71. The van der Waals surface area contributed by atoms with Crippen LogP contribution in [0.25, 0.3) is 0 Å². The molecular weight excluding hydrogens is 300 g/mol. The number of carboxylic acids is 1. The zero-order valence-corrected chi connectivity index (χ0v) is 11.1. The van der Waals surface area contributed by atoms with Gasteiger partial charge in [-0.15, -0.1) is 0 Å². The summed E-state index contributed by atoms with van der Waals surface area (Å²) in [6, 6.07) is 8.24. The normalized spacial score (nSPS) is 12.4. The number of carbonyl (C=O) groups is 1. The molecule has 2 rings (SSSR count). The van der Waals surface area contributed by atoms with Crippen LogP contribution in [0.15, 0.2) is 39.2 Å². The number of aliphatic hydroxyl groups is 1. The van der Waals surface area contributed by atoms with Crippen LogP contribution in [0.4, 0.5) is 0 Å². The Hall–Kier alpha value is -1.59. The number of furan rings is 1. The first-order valence-corrected chi connectivity index (χ1v) is 6.06. The monoisotopic (exact) mass is 310 g/mol. The van der Waals surface area contributed by atoms with Crippen LogP contribution in [0.1, 0.15) is 33.5 Å². The molecule has 0 bridgehead atoms. The van der Waals surface area contributed by atoms with Crippen molar-refractivity contribution in [3.05, 3.63) is 57.5 Å². The molecular formula is C13H11BrO4. The molecule has 0 spiro atoms. The number of carboxylic acid groups (broad SMARTS) is 1. The molecule has 1 unspecified atom stereocenters. The van der Waals surface area contributed by atoms with E-state index in [1.54, 1.807) is 12.1 Å². The summed E-state index contributed by atoms with van der Waals surface area (Å²) in [7, 11) is 0. The fourth-order valence-electron chi connectivity index (χ4n) is 1.69. The fourth-order valence-corrected chi connectivity index (χ4v) is 2.07. The molecule has 0 fully saturated rings. The lowest BCUT2D eigenvalue weighted by atomic mass is 10.0. The van der Waals surface area contributed by atoms with Crippen molar-refractivity contribution in [1.29, 1.82) is 0 Å². The summed E-state index contributed by atoms with van der Waals surface area (Å²) in [5.74, 6) is -1.12. The van der Waals surface area contributed by atoms with Crippen molar-refractivity contribution in [3.8, 4) is 0 Å². The zero-order chi connectivity index (χ0) is 13.3. The second kappa shape index (κ2) is 4.96. The van der Waals surface area contributed by atoms with Crippen molar-refractivity contribution >= 4 is 21.9 Å². The van der Waals surface area contributed by atoms with Gasteiger partial charge in [0, 0.05) is 4.47 Å². The van der Waals surface area contributed by atoms with Gasteiger partial charge in [-0.3, -0.25) is 0 Å². The Morgan fingerprint density at radius 3 is 2.67 bits per heavy atom. The Morgan fingerprint density at radius 1 is 1.33 bits per heavy atom. The van der Waals surface area contributed by atoms with E-state index in [-0.39, 0.29) is 11.5 Å². The Labute approximate surface area is 112 Å². The minimum Gasteiger partial charge on any atom is -0.475 e. The quantitative estimate of drug-likeness (QED) is 0.913. The molecule has 2 aromatic rings. The topological polar surface area (TPSA) is 70.7 Å². The molecule has 1 aromatic carbocycles. The maximum absolute atomic E-state index is 10.7. The van der Waals surface area contributed by atoms with E-state index >= 15 is 0 Å². The first-order chi connectivity index (χ1) is 8.50. The molecule has 5 heteroatoms. The van der Waals surface area contributed by atoms with Crippen molar-refractivity contribution in [2.24, 2.45) is 0 Å². The predicted molar refractivity (Wildman–Crippen MR) is 68.6 cm³/mol. The summed E-state index contributed by atoms with van der Waals surface area (Å²) in [5, 5.41) is 19.0. The summed E-state index contributed by atoms with van der Waals surface area (Å²) >= 11 is 3.38. The number of aliphatic hydroxyl groups excluding tert-OH is 1. The maximum Gasteiger partial charge on any atom is 0.371 e. The molecule has 1 aromatic heterocycles. The van der Waals surface area contributed by atoms with E-state index in [0.717, 1.165) is 10.0 Å². The van der Waals surface area contributed by atoms with Crippen molar-refractivity contribution in [2.75, 3.05) is 0 Å². The van der Waals surface area contributed by atoms with E-state index in [2.05, 4.69) is 15.9 Å². The Morgan fingerprint density at radius 2 is 2.06 bits per heavy atom. The van der Waals surface area contributed by atoms with E-state index in [1.165, 1.54) is 12.1 Å². The lowest BCUT2D eigenvalue weighted by molar-refractivity contribution is 0.0655. The molecule has 0 aliphatic heterocycles. The average Bonchev–Trinajstić information content (AvgIpc) is 2.81. The van der Waals surface area contributed by atoms with Crippen molar-refractivity contribution in [3.63, 3.8) is 0 Å². The van der Waals surface area contributed by atoms with Gasteiger partial charge < -0.3 is 14.6 Å². The Kier molecular flexibility index (Phi) is 3.54. The van der Waals surface area contributed by atoms with Gasteiger partial charge in [-0.1, -0.05) is 28.1 Å².